The minimum absolute atomic E-state index is 0.0154. The van der Waals surface area contributed by atoms with Crippen molar-refractivity contribution in [1.29, 1.82) is 0 Å². The summed E-state index contributed by atoms with van der Waals surface area (Å²) >= 11 is 0. The minimum Gasteiger partial charge on any atom is -0.482 e. The first-order valence-electron chi connectivity index (χ1n) is 10.1. The molecule has 0 saturated heterocycles. The Hall–Kier alpha value is -3.10. The van der Waals surface area contributed by atoms with Gasteiger partial charge in [0.05, 0.1) is 5.69 Å². The number of guanidine groups is 1. The molecule has 1 aliphatic rings. The van der Waals surface area contributed by atoms with Gasteiger partial charge in [-0.3, -0.25) is 9.79 Å². The van der Waals surface area contributed by atoms with Crippen molar-refractivity contribution in [3.8, 4) is 5.75 Å². The van der Waals surface area contributed by atoms with Crippen LogP contribution in [-0.2, 0) is 17.8 Å². The van der Waals surface area contributed by atoms with E-state index in [2.05, 4.69) is 32.7 Å². The van der Waals surface area contributed by atoms with Crippen LogP contribution in [0.5, 0.6) is 5.75 Å². The lowest BCUT2D eigenvalue weighted by atomic mass is 10.2. The number of benzene rings is 1. The summed E-state index contributed by atoms with van der Waals surface area (Å²) in [5.74, 6) is 2.49. The minimum atomic E-state index is -0.0154. The molecule has 0 spiro atoms. The van der Waals surface area contributed by atoms with Gasteiger partial charge in [0, 0.05) is 39.1 Å². The second-order valence-electron chi connectivity index (χ2n) is 6.64. The van der Waals surface area contributed by atoms with Gasteiger partial charge in [-0.25, -0.2) is 0 Å². The lowest BCUT2D eigenvalue weighted by Gasteiger charge is -2.29. The van der Waals surface area contributed by atoms with Gasteiger partial charge in [-0.2, -0.15) is 0 Å². The summed E-state index contributed by atoms with van der Waals surface area (Å²) in [4.78, 5) is 18.6. The molecule has 0 fully saturated rings. The molecule has 2 aromatic rings. The summed E-state index contributed by atoms with van der Waals surface area (Å²) in [6, 6.07) is 7.63. The van der Waals surface area contributed by atoms with Crippen LogP contribution < -0.4 is 20.3 Å². The van der Waals surface area contributed by atoms with Gasteiger partial charge in [-0.15, -0.1) is 10.2 Å². The molecule has 156 valence electrons. The number of aliphatic imine (C=N–C) groups is 1. The van der Waals surface area contributed by atoms with Crippen LogP contribution in [0.2, 0.25) is 0 Å². The van der Waals surface area contributed by atoms with Gasteiger partial charge >= 0.3 is 0 Å². The highest BCUT2D eigenvalue weighted by Gasteiger charge is 2.24. The number of aryl methyl sites for hydroxylation is 1. The Labute approximate surface area is 171 Å². The average molecular weight is 399 g/mol. The number of anilines is 1. The van der Waals surface area contributed by atoms with Crippen molar-refractivity contribution in [3.05, 3.63) is 36.4 Å². The van der Waals surface area contributed by atoms with Crippen LogP contribution in [0.1, 0.15) is 26.1 Å². The number of fused-ring (bicyclic) bond motifs is 1. The summed E-state index contributed by atoms with van der Waals surface area (Å²) in [7, 11) is 0. The van der Waals surface area contributed by atoms with Crippen LogP contribution in [0.4, 0.5) is 5.69 Å². The first-order valence-corrected chi connectivity index (χ1v) is 10.1. The van der Waals surface area contributed by atoms with E-state index >= 15 is 0 Å². The smallest absolute Gasteiger partial charge is 0.265 e. The Morgan fingerprint density at radius 2 is 2.10 bits per heavy atom. The third-order valence-electron chi connectivity index (χ3n) is 4.62. The van der Waals surface area contributed by atoms with Gasteiger partial charge < -0.3 is 24.8 Å². The number of nitrogens with zero attached hydrogens (tertiary/aromatic N) is 5. The van der Waals surface area contributed by atoms with Gasteiger partial charge in [-0.05, 0) is 25.5 Å². The van der Waals surface area contributed by atoms with E-state index in [0.717, 1.165) is 55.7 Å². The first kappa shape index (κ1) is 20.6. The van der Waals surface area contributed by atoms with Crippen LogP contribution >= 0.6 is 0 Å². The molecule has 3 rings (SSSR count). The highest BCUT2D eigenvalue weighted by molar-refractivity contribution is 5.97. The van der Waals surface area contributed by atoms with E-state index in [9.17, 15) is 4.79 Å². The standard InChI is InChI=1S/C20H29N7O2/c1-3-18-25-24-15-26(18)13-11-23-20(21-4-2)22-10-7-12-27-16-8-5-6-9-17(16)29-14-19(27)28/h5-6,8-9,15H,3-4,7,10-14H2,1-2H3,(H2,21,22,23). The third kappa shape index (κ3) is 5.46. The fraction of sp³-hybridized carbons (Fsp3) is 0.500. The lowest BCUT2D eigenvalue weighted by Crippen LogP contribution is -2.40. The van der Waals surface area contributed by atoms with Crippen LogP contribution in [0.25, 0.3) is 0 Å². The zero-order valence-electron chi connectivity index (χ0n) is 17.1. The van der Waals surface area contributed by atoms with Gasteiger partial charge in [0.15, 0.2) is 12.6 Å². The molecule has 0 radical (unpaired) electrons. The van der Waals surface area contributed by atoms with E-state index in [-0.39, 0.29) is 12.5 Å². The molecule has 9 heteroatoms. The number of rotatable bonds is 9. The highest BCUT2D eigenvalue weighted by atomic mass is 16.5. The van der Waals surface area contributed by atoms with Crippen molar-refractivity contribution in [3.63, 3.8) is 0 Å². The molecule has 29 heavy (non-hydrogen) atoms. The van der Waals surface area contributed by atoms with E-state index in [4.69, 9.17) is 4.74 Å². The maximum absolute atomic E-state index is 12.2. The molecule has 0 unspecified atom stereocenters. The monoisotopic (exact) mass is 399 g/mol. The highest BCUT2D eigenvalue weighted by Crippen LogP contribution is 2.31. The summed E-state index contributed by atoms with van der Waals surface area (Å²) in [5, 5.41) is 14.6. The zero-order chi connectivity index (χ0) is 20.5. The largest absolute Gasteiger partial charge is 0.482 e. The molecule has 0 atom stereocenters. The molecular formula is C20H29N7O2. The second-order valence-corrected chi connectivity index (χ2v) is 6.64. The van der Waals surface area contributed by atoms with Crippen molar-refractivity contribution in [2.45, 2.75) is 33.2 Å². The molecule has 0 aliphatic carbocycles. The Kier molecular flexibility index (Phi) is 7.43. The summed E-state index contributed by atoms with van der Waals surface area (Å²) in [6.45, 7) is 7.72. The first-order chi connectivity index (χ1) is 14.2. The maximum Gasteiger partial charge on any atom is 0.265 e. The molecular weight excluding hydrogens is 370 g/mol. The summed E-state index contributed by atoms with van der Waals surface area (Å²) in [5.41, 5.74) is 0.832. The fourth-order valence-corrected chi connectivity index (χ4v) is 3.19. The number of amides is 1. The van der Waals surface area contributed by atoms with Gasteiger partial charge in [-0.1, -0.05) is 19.1 Å². The van der Waals surface area contributed by atoms with Crippen molar-refractivity contribution >= 4 is 17.6 Å². The Balaban J connectivity index is 1.48. The summed E-state index contributed by atoms with van der Waals surface area (Å²) < 4.78 is 7.52. The molecule has 0 saturated carbocycles. The molecule has 2 heterocycles. The molecule has 1 aliphatic heterocycles. The van der Waals surface area contributed by atoms with E-state index in [1.165, 1.54) is 0 Å². The van der Waals surface area contributed by atoms with E-state index in [1.807, 2.05) is 35.8 Å². The predicted molar refractivity (Wildman–Crippen MR) is 112 cm³/mol. The lowest BCUT2D eigenvalue weighted by molar-refractivity contribution is -0.121. The number of carbonyl (C=O) groups excluding carboxylic acids is 1. The third-order valence-corrected chi connectivity index (χ3v) is 4.62. The SMILES string of the molecule is CCNC(=NCCCN1C(=O)COc2ccccc21)NCCn1cnnc1CC. The number of hydrogen-bond donors (Lipinski definition) is 2. The number of carbonyl (C=O) groups is 1. The predicted octanol–water partition coefficient (Wildman–Crippen LogP) is 1.21. The van der Waals surface area contributed by atoms with Crippen LogP contribution in [0, 0.1) is 0 Å². The van der Waals surface area contributed by atoms with Gasteiger partial charge in [0.2, 0.25) is 0 Å². The van der Waals surface area contributed by atoms with E-state index in [0.29, 0.717) is 13.1 Å². The number of nitrogens with one attached hydrogen (secondary N) is 2. The molecule has 0 bridgehead atoms. The van der Waals surface area contributed by atoms with Crippen molar-refractivity contribution in [1.82, 2.24) is 25.4 Å². The summed E-state index contributed by atoms with van der Waals surface area (Å²) in [6.07, 6.45) is 3.38. The normalized spacial score (nSPS) is 13.8. The quantitative estimate of drug-likeness (QED) is 0.374. The molecule has 1 amide bonds. The van der Waals surface area contributed by atoms with Gasteiger partial charge in [0.1, 0.15) is 17.9 Å². The van der Waals surface area contributed by atoms with Crippen LogP contribution in [-0.4, -0.2) is 59.4 Å². The van der Waals surface area contributed by atoms with Crippen LogP contribution in [0.15, 0.2) is 35.6 Å². The Morgan fingerprint density at radius 3 is 2.93 bits per heavy atom. The maximum atomic E-state index is 12.2. The van der Waals surface area contributed by atoms with Crippen LogP contribution in [0.3, 0.4) is 0 Å². The Bertz CT molecular complexity index is 834. The fourth-order valence-electron chi connectivity index (χ4n) is 3.19. The van der Waals surface area contributed by atoms with E-state index < -0.39 is 0 Å². The average Bonchev–Trinajstić information content (AvgIpc) is 3.20. The second kappa shape index (κ2) is 10.4. The van der Waals surface area contributed by atoms with E-state index in [1.54, 1.807) is 11.2 Å². The number of hydrogen-bond acceptors (Lipinski definition) is 5. The van der Waals surface area contributed by atoms with Crippen molar-refractivity contribution in [2.24, 2.45) is 4.99 Å². The van der Waals surface area contributed by atoms with Gasteiger partial charge in [0.25, 0.3) is 5.91 Å². The molecule has 1 aromatic heterocycles. The molecule has 2 N–H and O–H groups in total. The van der Waals surface area contributed by atoms with Crippen molar-refractivity contribution < 1.29 is 9.53 Å². The number of ether oxygens (including phenoxy) is 1. The zero-order valence-corrected chi connectivity index (χ0v) is 17.1. The van der Waals surface area contributed by atoms with Crippen molar-refractivity contribution in [2.75, 3.05) is 37.7 Å². The molecule has 9 nitrogen and oxygen atoms in total. The molecule has 1 aromatic carbocycles. The number of para-hydroxylation sites is 2. The Morgan fingerprint density at radius 1 is 1.24 bits per heavy atom. The number of aromatic nitrogens is 3. The topological polar surface area (TPSA) is 96.7 Å².